The number of rotatable bonds is 3. The van der Waals surface area contributed by atoms with E-state index in [9.17, 15) is 4.79 Å². The molecule has 1 saturated heterocycles. The van der Waals surface area contributed by atoms with E-state index in [4.69, 9.17) is 4.74 Å². The largest absolute Gasteiger partial charge is 0.444 e. The van der Waals surface area contributed by atoms with Crippen LogP contribution in [0.15, 0.2) is 17.5 Å². The molecule has 112 valence electrons. The number of amides is 1. The van der Waals surface area contributed by atoms with Crippen LogP contribution in [0, 0.1) is 0 Å². The highest BCUT2D eigenvalue weighted by atomic mass is 32.1. The summed E-state index contributed by atoms with van der Waals surface area (Å²) in [6, 6.07) is 4.86. The summed E-state index contributed by atoms with van der Waals surface area (Å²) in [5, 5.41) is 5.08. The molecule has 1 aliphatic rings. The number of carbonyl (C=O) groups is 1. The lowest BCUT2D eigenvalue weighted by molar-refractivity contribution is 0.0504. The fourth-order valence-electron chi connectivity index (χ4n) is 2.44. The lowest BCUT2D eigenvalue weighted by Crippen LogP contribution is -2.40. The van der Waals surface area contributed by atoms with Crippen molar-refractivity contribution in [3.63, 3.8) is 0 Å². The average molecular weight is 296 g/mol. The summed E-state index contributed by atoms with van der Waals surface area (Å²) in [7, 11) is 0. The van der Waals surface area contributed by atoms with Crippen LogP contribution in [-0.2, 0) is 4.74 Å². The van der Waals surface area contributed by atoms with Crippen molar-refractivity contribution >= 4 is 17.4 Å². The van der Waals surface area contributed by atoms with Gasteiger partial charge in [-0.1, -0.05) is 6.07 Å². The van der Waals surface area contributed by atoms with Crippen molar-refractivity contribution in [3.8, 4) is 0 Å². The molecule has 4 nitrogen and oxygen atoms in total. The highest BCUT2D eigenvalue weighted by molar-refractivity contribution is 7.10. The van der Waals surface area contributed by atoms with Crippen LogP contribution in [0.2, 0.25) is 0 Å². The third-order valence-electron chi connectivity index (χ3n) is 3.44. The normalized spacial score (nSPS) is 21.7. The predicted octanol–water partition coefficient (Wildman–Crippen LogP) is 3.41. The van der Waals surface area contributed by atoms with Gasteiger partial charge in [-0.3, -0.25) is 4.90 Å². The van der Waals surface area contributed by atoms with Crippen molar-refractivity contribution in [1.82, 2.24) is 10.2 Å². The van der Waals surface area contributed by atoms with Crippen molar-refractivity contribution in [2.45, 2.75) is 51.8 Å². The van der Waals surface area contributed by atoms with Gasteiger partial charge in [-0.25, -0.2) is 4.79 Å². The number of nitrogens with zero attached hydrogens (tertiary/aromatic N) is 1. The van der Waals surface area contributed by atoms with Crippen molar-refractivity contribution in [2.75, 3.05) is 13.1 Å². The van der Waals surface area contributed by atoms with E-state index in [0.29, 0.717) is 6.04 Å². The van der Waals surface area contributed by atoms with E-state index < -0.39 is 5.60 Å². The van der Waals surface area contributed by atoms with Crippen LogP contribution in [-0.4, -0.2) is 35.7 Å². The Labute approximate surface area is 125 Å². The minimum atomic E-state index is -0.438. The first-order chi connectivity index (χ1) is 9.35. The molecule has 0 spiro atoms. The maximum atomic E-state index is 11.8. The van der Waals surface area contributed by atoms with Crippen molar-refractivity contribution in [3.05, 3.63) is 22.4 Å². The van der Waals surface area contributed by atoms with Gasteiger partial charge >= 0.3 is 6.09 Å². The van der Waals surface area contributed by atoms with Gasteiger partial charge < -0.3 is 10.1 Å². The van der Waals surface area contributed by atoms with Crippen molar-refractivity contribution < 1.29 is 9.53 Å². The highest BCUT2D eigenvalue weighted by Gasteiger charge is 2.29. The molecule has 0 aliphatic carbocycles. The number of alkyl carbamates (subject to hydrolysis) is 1. The number of hydrogen-bond acceptors (Lipinski definition) is 4. The Morgan fingerprint density at radius 1 is 1.55 bits per heavy atom. The van der Waals surface area contributed by atoms with Crippen LogP contribution in [0.1, 0.15) is 45.0 Å². The highest BCUT2D eigenvalue weighted by Crippen LogP contribution is 2.27. The number of thiophene rings is 1. The van der Waals surface area contributed by atoms with Gasteiger partial charge in [-0.05, 0) is 45.6 Å². The maximum Gasteiger partial charge on any atom is 0.407 e. The molecule has 0 radical (unpaired) electrons. The van der Waals surface area contributed by atoms with Crippen LogP contribution in [0.3, 0.4) is 0 Å². The maximum absolute atomic E-state index is 11.8. The summed E-state index contributed by atoms with van der Waals surface area (Å²) < 4.78 is 5.30. The number of likely N-dealkylation sites (tertiary alicyclic amines) is 1. The number of carbonyl (C=O) groups excluding carboxylic acids is 1. The summed E-state index contributed by atoms with van der Waals surface area (Å²) in [6.45, 7) is 9.77. The SMILES string of the molecule is C[C@@H](c1cccs1)N1CC[C@@H](NC(=O)OC(C)(C)C)C1. The van der Waals surface area contributed by atoms with Gasteiger partial charge in [0.25, 0.3) is 0 Å². The fourth-order valence-corrected chi connectivity index (χ4v) is 3.26. The van der Waals surface area contributed by atoms with Crippen LogP contribution in [0.5, 0.6) is 0 Å². The van der Waals surface area contributed by atoms with Crippen LogP contribution < -0.4 is 5.32 Å². The molecule has 1 aliphatic heterocycles. The van der Waals surface area contributed by atoms with E-state index in [2.05, 4.69) is 34.7 Å². The lowest BCUT2D eigenvalue weighted by Gasteiger charge is -2.24. The summed E-state index contributed by atoms with van der Waals surface area (Å²) in [5.74, 6) is 0. The van der Waals surface area contributed by atoms with Gasteiger partial charge in [0.1, 0.15) is 5.60 Å². The molecular weight excluding hydrogens is 272 g/mol. The Morgan fingerprint density at radius 2 is 2.30 bits per heavy atom. The Balaban J connectivity index is 1.82. The molecule has 1 aromatic heterocycles. The Hall–Kier alpha value is -1.07. The van der Waals surface area contributed by atoms with Crippen LogP contribution >= 0.6 is 11.3 Å². The molecule has 1 aromatic rings. The van der Waals surface area contributed by atoms with E-state index in [0.717, 1.165) is 19.5 Å². The minimum absolute atomic E-state index is 0.187. The molecule has 1 fully saturated rings. The summed E-state index contributed by atoms with van der Waals surface area (Å²) in [5.41, 5.74) is -0.438. The Kier molecular flexibility index (Phi) is 4.70. The Bertz CT molecular complexity index is 439. The number of hydrogen-bond donors (Lipinski definition) is 1. The van der Waals surface area contributed by atoms with Crippen LogP contribution in [0.4, 0.5) is 4.79 Å². The van der Waals surface area contributed by atoms with Gasteiger partial charge in [-0.15, -0.1) is 11.3 Å². The van der Waals surface area contributed by atoms with Crippen molar-refractivity contribution in [1.29, 1.82) is 0 Å². The van der Waals surface area contributed by atoms with E-state index in [1.165, 1.54) is 4.88 Å². The molecule has 0 unspecified atom stereocenters. The smallest absolute Gasteiger partial charge is 0.407 e. The van der Waals surface area contributed by atoms with Gasteiger partial charge in [0.15, 0.2) is 0 Å². The summed E-state index contributed by atoms with van der Waals surface area (Å²) in [6.07, 6.45) is 0.669. The number of nitrogens with one attached hydrogen (secondary N) is 1. The summed E-state index contributed by atoms with van der Waals surface area (Å²) >= 11 is 1.79. The molecule has 2 heterocycles. The second-order valence-electron chi connectivity index (χ2n) is 6.32. The predicted molar refractivity (Wildman–Crippen MR) is 82.1 cm³/mol. The zero-order valence-corrected chi connectivity index (χ0v) is 13.5. The molecule has 1 amide bonds. The van der Waals surface area contributed by atoms with Crippen molar-refractivity contribution in [2.24, 2.45) is 0 Å². The summed E-state index contributed by atoms with van der Waals surface area (Å²) in [4.78, 5) is 15.6. The van der Waals surface area contributed by atoms with E-state index in [-0.39, 0.29) is 12.1 Å². The van der Waals surface area contributed by atoms with Gasteiger partial charge in [0.05, 0.1) is 0 Å². The number of ether oxygens (including phenoxy) is 1. The zero-order chi connectivity index (χ0) is 14.8. The second kappa shape index (κ2) is 6.14. The molecule has 1 N–H and O–H groups in total. The van der Waals surface area contributed by atoms with E-state index >= 15 is 0 Å². The van der Waals surface area contributed by atoms with E-state index in [1.807, 2.05) is 20.8 Å². The lowest BCUT2D eigenvalue weighted by atomic mass is 10.2. The first-order valence-corrected chi connectivity index (χ1v) is 8.00. The van der Waals surface area contributed by atoms with E-state index in [1.54, 1.807) is 11.3 Å². The first kappa shape index (κ1) is 15.3. The molecule has 2 rings (SSSR count). The van der Waals surface area contributed by atoms with Crippen LogP contribution in [0.25, 0.3) is 0 Å². The molecule has 2 atom stereocenters. The second-order valence-corrected chi connectivity index (χ2v) is 7.30. The third kappa shape index (κ3) is 4.21. The zero-order valence-electron chi connectivity index (χ0n) is 12.7. The monoisotopic (exact) mass is 296 g/mol. The van der Waals surface area contributed by atoms with Gasteiger partial charge in [-0.2, -0.15) is 0 Å². The van der Waals surface area contributed by atoms with Gasteiger partial charge in [0, 0.05) is 30.1 Å². The molecular formula is C15H24N2O2S. The Morgan fingerprint density at radius 3 is 2.90 bits per heavy atom. The molecule has 0 saturated carbocycles. The minimum Gasteiger partial charge on any atom is -0.444 e. The van der Waals surface area contributed by atoms with Gasteiger partial charge in [0.2, 0.25) is 0 Å². The average Bonchev–Trinajstić information content (AvgIpc) is 2.95. The molecule has 0 bridgehead atoms. The molecule has 5 heteroatoms. The molecule has 0 aromatic carbocycles. The molecule has 20 heavy (non-hydrogen) atoms. The standard InChI is InChI=1S/C15H24N2O2S/c1-11(13-6-5-9-20-13)17-8-7-12(10-17)16-14(18)19-15(2,3)4/h5-6,9,11-12H,7-8,10H2,1-4H3,(H,16,18)/t11-,12+/m0/s1. The quantitative estimate of drug-likeness (QED) is 0.929. The fraction of sp³-hybridized carbons (Fsp3) is 0.667. The third-order valence-corrected chi connectivity index (χ3v) is 4.49. The first-order valence-electron chi connectivity index (χ1n) is 7.12. The topological polar surface area (TPSA) is 41.6 Å².